The molecule has 0 bridgehead atoms. The van der Waals surface area contributed by atoms with Gasteiger partial charge in [-0.15, -0.1) is 0 Å². The molecule has 0 aliphatic heterocycles. The molecule has 1 heterocycles. The van der Waals surface area contributed by atoms with Crippen LogP contribution in [-0.2, 0) is 9.53 Å². The number of ether oxygens (including phenoxy) is 2. The molecule has 3 rings (SSSR count). The highest BCUT2D eigenvalue weighted by atomic mass is 79.9. The molecule has 2 aromatic carbocycles. The lowest BCUT2D eigenvalue weighted by Gasteiger charge is -2.11. The van der Waals surface area contributed by atoms with Gasteiger partial charge in [0.15, 0.2) is 6.61 Å². The summed E-state index contributed by atoms with van der Waals surface area (Å²) in [6.07, 6.45) is -0.199. The van der Waals surface area contributed by atoms with E-state index < -0.39 is 5.97 Å². The van der Waals surface area contributed by atoms with Crippen molar-refractivity contribution >= 4 is 32.9 Å². The summed E-state index contributed by atoms with van der Waals surface area (Å²) in [5.41, 5.74) is 1.63. The maximum Gasteiger partial charge on any atom is 0.344 e. The summed E-state index contributed by atoms with van der Waals surface area (Å²) >= 11 is 3.39. The number of esters is 1. The smallest absolute Gasteiger partial charge is 0.344 e. The second kappa shape index (κ2) is 7.96. The van der Waals surface area contributed by atoms with Crippen molar-refractivity contribution in [3.63, 3.8) is 0 Å². The van der Waals surface area contributed by atoms with Crippen molar-refractivity contribution in [2.75, 3.05) is 6.61 Å². The van der Waals surface area contributed by atoms with Gasteiger partial charge in [-0.25, -0.2) is 4.79 Å². The Hall–Kier alpha value is -2.60. The average Bonchev–Trinajstić information content (AvgIpc) is 2.60. The van der Waals surface area contributed by atoms with E-state index in [1.165, 1.54) is 0 Å². The molecule has 0 saturated carbocycles. The van der Waals surface area contributed by atoms with E-state index in [4.69, 9.17) is 13.9 Å². The molecular formula is C21H19BrO5. The average molecular weight is 431 g/mol. The van der Waals surface area contributed by atoms with Gasteiger partial charge in [-0.2, -0.15) is 0 Å². The first-order valence-electron chi connectivity index (χ1n) is 8.51. The number of carbonyl (C=O) groups excluding carboxylic acids is 1. The van der Waals surface area contributed by atoms with Crippen molar-refractivity contribution in [3.8, 4) is 16.9 Å². The number of hydrogen-bond donors (Lipinski definition) is 0. The van der Waals surface area contributed by atoms with E-state index in [0.29, 0.717) is 28.0 Å². The SMILES string of the molecule is Cc1oc2cc(OCC(=O)OC(C)C)ccc2c(=O)c1-c1ccc(Br)cc1. The van der Waals surface area contributed by atoms with E-state index in [9.17, 15) is 9.59 Å². The van der Waals surface area contributed by atoms with Gasteiger partial charge in [0, 0.05) is 10.5 Å². The molecule has 0 unspecified atom stereocenters. The molecule has 5 nitrogen and oxygen atoms in total. The molecule has 0 N–H and O–H groups in total. The van der Waals surface area contributed by atoms with Gasteiger partial charge in [0.05, 0.1) is 17.1 Å². The lowest BCUT2D eigenvalue weighted by molar-refractivity contribution is -0.149. The van der Waals surface area contributed by atoms with Crippen molar-refractivity contribution < 1.29 is 18.7 Å². The molecule has 0 fully saturated rings. The first kappa shape index (κ1) is 19.2. The molecule has 0 amide bonds. The van der Waals surface area contributed by atoms with Crippen LogP contribution in [0.5, 0.6) is 5.75 Å². The predicted molar refractivity (Wildman–Crippen MR) is 107 cm³/mol. The number of fused-ring (bicyclic) bond motifs is 1. The highest BCUT2D eigenvalue weighted by Crippen LogP contribution is 2.27. The zero-order chi connectivity index (χ0) is 19.6. The zero-order valence-electron chi connectivity index (χ0n) is 15.2. The maximum atomic E-state index is 12.9. The molecule has 0 atom stereocenters. The lowest BCUT2D eigenvalue weighted by Crippen LogP contribution is -2.18. The second-order valence-electron chi connectivity index (χ2n) is 6.35. The normalized spacial score (nSPS) is 11.0. The van der Waals surface area contributed by atoms with Crippen molar-refractivity contribution in [2.45, 2.75) is 26.9 Å². The van der Waals surface area contributed by atoms with Gasteiger partial charge in [0.1, 0.15) is 17.1 Å². The largest absolute Gasteiger partial charge is 0.482 e. The van der Waals surface area contributed by atoms with Crippen molar-refractivity contribution in [2.24, 2.45) is 0 Å². The zero-order valence-corrected chi connectivity index (χ0v) is 16.8. The fraction of sp³-hybridized carbons (Fsp3) is 0.238. The standard InChI is InChI=1S/C21H19BrO5/c1-12(2)26-19(23)11-25-16-8-9-17-18(10-16)27-13(3)20(21(17)24)14-4-6-15(22)7-5-14/h4-10,12H,11H2,1-3H3. The van der Waals surface area contributed by atoms with Crippen LogP contribution < -0.4 is 10.2 Å². The number of aryl methyl sites for hydroxylation is 1. The number of carbonyl (C=O) groups is 1. The van der Waals surface area contributed by atoms with Crippen LogP contribution in [0.2, 0.25) is 0 Å². The van der Waals surface area contributed by atoms with Crippen LogP contribution in [0.15, 0.2) is 56.1 Å². The fourth-order valence-corrected chi connectivity index (χ4v) is 3.03. The molecule has 27 heavy (non-hydrogen) atoms. The maximum absolute atomic E-state index is 12.9. The van der Waals surface area contributed by atoms with Gasteiger partial charge < -0.3 is 13.9 Å². The highest BCUT2D eigenvalue weighted by molar-refractivity contribution is 9.10. The van der Waals surface area contributed by atoms with Crippen LogP contribution >= 0.6 is 15.9 Å². The van der Waals surface area contributed by atoms with Gasteiger partial charge in [-0.1, -0.05) is 28.1 Å². The topological polar surface area (TPSA) is 65.7 Å². The summed E-state index contributed by atoms with van der Waals surface area (Å²) < 4.78 is 17.3. The van der Waals surface area contributed by atoms with Crippen molar-refractivity contribution in [1.82, 2.24) is 0 Å². The molecule has 0 aliphatic carbocycles. The van der Waals surface area contributed by atoms with E-state index in [0.717, 1.165) is 10.0 Å². The first-order valence-corrected chi connectivity index (χ1v) is 9.30. The minimum absolute atomic E-state index is 0.109. The Kier molecular flexibility index (Phi) is 5.65. The van der Waals surface area contributed by atoms with Gasteiger partial charge >= 0.3 is 5.97 Å². The van der Waals surface area contributed by atoms with Crippen molar-refractivity contribution in [3.05, 3.63) is 62.9 Å². The van der Waals surface area contributed by atoms with E-state index in [2.05, 4.69) is 15.9 Å². The summed E-state index contributed by atoms with van der Waals surface area (Å²) in [4.78, 5) is 24.5. The van der Waals surface area contributed by atoms with Gasteiger partial charge in [0.25, 0.3) is 0 Å². The summed E-state index contributed by atoms with van der Waals surface area (Å²) in [6.45, 7) is 5.10. The number of halogens is 1. The van der Waals surface area contributed by atoms with Crippen LogP contribution in [0.3, 0.4) is 0 Å². The van der Waals surface area contributed by atoms with Crippen LogP contribution in [-0.4, -0.2) is 18.7 Å². The fourth-order valence-electron chi connectivity index (χ4n) is 2.77. The summed E-state index contributed by atoms with van der Waals surface area (Å²) in [6, 6.07) is 12.4. The first-order chi connectivity index (χ1) is 12.8. The van der Waals surface area contributed by atoms with Crippen molar-refractivity contribution in [1.29, 1.82) is 0 Å². The third-order valence-corrected chi connectivity index (χ3v) is 4.43. The number of rotatable bonds is 5. The molecule has 1 aromatic heterocycles. The molecule has 3 aromatic rings. The monoisotopic (exact) mass is 430 g/mol. The third-order valence-electron chi connectivity index (χ3n) is 3.90. The molecular weight excluding hydrogens is 412 g/mol. The summed E-state index contributed by atoms with van der Waals surface area (Å²) in [7, 11) is 0. The Bertz CT molecular complexity index is 1030. The second-order valence-corrected chi connectivity index (χ2v) is 7.27. The molecule has 0 spiro atoms. The third kappa shape index (κ3) is 4.39. The van der Waals surface area contributed by atoms with Crippen LogP contribution in [0.1, 0.15) is 19.6 Å². The van der Waals surface area contributed by atoms with E-state index in [-0.39, 0.29) is 18.1 Å². The Morgan fingerprint density at radius 2 is 1.85 bits per heavy atom. The van der Waals surface area contributed by atoms with Crippen LogP contribution in [0.4, 0.5) is 0 Å². The highest BCUT2D eigenvalue weighted by Gasteiger charge is 2.14. The summed E-state index contributed by atoms with van der Waals surface area (Å²) in [5.74, 6) is 0.502. The Morgan fingerprint density at radius 3 is 2.52 bits per heavy atom. The minimum atomic E-state index is -0.451. The van der Waals surface area contributed by atoms with Gasteiger partial charge in [-0.05, 0) is 50.6 Å². The van der Waals surface area contributed by atoms with E-state index in [1.807, 2.05) is 24.3 Å². The van der Waals surface area contributed by atoms with Crippen LogP contribution in [0, 0.1) is 6.92 Å². The van der Waals surface area contributed by atoms with E-state index >= 15 is 0 Å². The minimum Gasteiger partial charge on any atom is -0.482 e. The molecule has 0 aliphatic rings. The quantitative estimate of drug-likeness (QED) is 0.540. The predicted octanol–water partition coefficient (Wildman–Crippen LogP) is 4.86. The van der Waals surface area contributed by atoms with Crippen LogP contribution in [0.25, 0.3) is 22.1 Å². The Morgan fingerprint density at radius 1 is 1.15 bits per heavy atom. The Labute approximate surface area is 165 Å². The molecule has 140 valence electrons. The number of hydrogen-bond acceptors (Lipinski definition) is 5. The number of benzene rings is 2. The lowest BCUT2D eigenvalue weighted by atomic mass is 10.0. The Balaban J connectivity index is 1.93. The molecule has 0 saturated heterocycles. The molecule has 0 radical (unpaired) electrons. The molecule has 6 heteroatoms. The summed E-state index contributed by atoms with van der Waals surface area (Å²) in [5, 5.41) is 0.454. The van der Waals surface area contributed by atoms with Gasteiger partial charge in [0.2, 0.25) is 5.43 Å². The van der Waals surface area contributed by atoms with E-state index in [1.54, 1.807) is 39.0 Å². The van der Waals surface area contributed by atoms with Gasteiger partial charge in [-0.3, -0.25) is 4.79 Å².